The summed E-state index contributed by atoms with van der Waals surface area (Å²) < 4.78 is 24.9. The minimum Gasteiger partial charge on any atom is -0.486 e. The molecule has 2 aromatic rings. The Morgan fingerprint density at radius 1 is 0.929 bits per heavy atom. The standard InChI is InChI=1S/C23H28FNO2.ClH/c24-20-9-7-18(8-10-20)5-6-19-11-14-25(15-12-19)16-13-21-17-26-22-3-1-2-4-23(22)27-21;/h1-4,7-10,19,21H,5-6,11-17H2;1H. The summed E-state index contributed by atoms with van der Waals surface area (Å²) in [6.45, 7) is 4.04. The zero-order valence-electron chi connectivity index (χ0n) is 16.2. The van der Waals surface area contributed by atoms with E-state index in [0.29, 0.717) is 6.61 Å². The summed E-state index contributed by atoms with van der Waals surface area (Å²) in [4.78, 5) is 2.55. The van der Waals surface area contributed by atoms with Gasteiger partial charge in [-0.3, -0.25) is 0 Å². The van der Waals surface area contributed by atoms with Crippen LogP contribution in [0.15, 0.2) is 48.5 Å². The van der Waals surface area contributed by atoms with E-state index in [-0.39, 0.29) is 24.3 Å². The van der Waals surface area contributed by atoms with E-state index < -0.39 is 0 Å². The lowest BCUT2D eigenvalue weighted by molar-refractivity contribution is 0.0697. The molecule has 0 aliphatic carbocycles. The number of aryl methyl sites for hydroxylation is 1. The van der Waals surface area contributed by atoms with Crippen molar-refractivity contribution in [2.75, 3.05) is 26.2 Å². The fourth-order valence-corrected chi connectivity index (χ4v) is 4.05. The Kier molecular flexibility index (Phi) is 7.57. The molecule has 1 saturated heterocycles. The zero-order chi connectivity index (χ0) is 18.5. The molecule has 4 rings (SSSR count). The van der Waals surface area contributed by atoms with Crippen LogP contribution in [0.1, 0.15) is 31.2 Å². The molecule has 1 fully saturated rings. The Labute approximate surface area is 173 Å². The molecule has 5 heteroatoms. The Morgan fingerprint density at radius 3 is 2.39 bits per heavy atom. The number of ether oxygens (including phenoxy) is 2. The molecule has 0 spiro atoms. The Hall–Kier alpha value is -1.78. The van der Waals surface area contributed by atoms with Gasteiger partial charge in [0.05, 0.1) is 0 Å². The smallest absolute Gasteiger partial charge is 0.161 e. The molecule has 3 nitrogen and oxygen atoms in total. The van der Waals surface area contributed by atoms with Crippen molar-refractivity contribution in [2.45, 2.75) is 38.2 Å². The van der Waals surface area contributed by atoms with E-state index in [2.05, 4.69) is 4.90 Å². The van der Waals surface area contributed by atoms with Crippen molar-refractivity contribution >= 4 is 12.4 Å². The highest BCUT2D eigenvalue weighted by Gasteiger charge is 2.23. The first kappa shape index (κ1) is 20.9. The molecule has 0 amide bonds. The molecule has 0 N–H and O–H groups in total. The first-order valence-corrected chi connectivity index (χ1v) is 10.1. The van der Waals surface area contributed by atoms with Gasteiger partial charge in [-0.1, -0.05) is 24.3 Å². The summed E-state index contributed by atoms with van der Waals surface area (Å²) in [5, 5.41) is 0. The van der Waals surface area contributed by atoms with Crippen LogP contribution in [0.3, 0.4) is 0 Å². The molecular formula is C23H29ClFNO2. The van der Waals surface area contributed by atoms with Gasteiger partial charge in [0.15, 0.2) is 11.5 Å². The third-order valence-corrected chi connectivity index (χ3v) is 5.80. The van der Waals surface area contributed by atoms with Crippen LogP contribution in [-0.2, 0) is 6.42 Å². The van der Waals surface area contributed by atoms with Crippen LogP contribution >= 0.6 is 12.4 Å². The quantitative estimate of drug-likeness (QED) is 0.665. The average molecular weight is 406 g/mol. The molecule has 28 heavy (non-hydrogen) atoms. The lowest BCUT2D eigenvalue weighted by Gasteiger charge is -2.33. The molecule has 2 aromatic carbocycles. The number of hydrogen-bond acceptors (Lipinski definition) is 3. The second-order valence-electron chi connectivity index (χ2n) is 7.74. The van der Waals surface area contributed by atoms with Gasteiger partial charge >= 0.3 is 0 Å². The number of fused-ring (bicyclic) bond motifs is 1. The summed E-state index contributed by atoms with van der Waals surface area (Å²) in [5.74, 6) is 2.36. The van der Waals surface area contributed by atoms with Crippen molar-refractivity contribution in [3.63, 3.8) is 0 Å². The summed E-state index contributed by atoms with van der Waals surface area (Å²) >= 11 is 0. The van der Waals surface area contributed by atoms with E-state index >= 15 is 0 Å². The largest absolute Gasteiger partial charge is 0.486 e. The lowest BCUT2D eigenvalue weighted by Crippen LogP contribution is -2.38. The summed E-state index contributed by atoms with van der Waals surface area (Å²) in [5.41, 5.74) is 1.24. The third kappa shape index (κ3) is 5.62. The van der Waals surface area contributed by atoms with Crippen molar-refractivity contribution in [3.8, 4) is 11.5 Å². The van der Waals surface area contributed by atoms with E-state index in [1.807, 2.05) is 36.4 Å². The average Bonchev–Trinajstić information content (AvgIpc) is 2.72. The van der Waals surface area contributed by atoms with E-state index in [9.17, 15) is 4.39 Å². The number of hydrogen-bond donors (Lipinski definition) is 0. The lowest BCUT2D eigenvalue weighted by atomic mass is 9.90. The maximum absolute atomic E-state index is 13.0. The van der Waals surface area contributed by atoms with Crippen molar-refractivity contribution in [1.29, 1.82) is 0 Å². The van der Waals surface area contributed by atoms with Gasteiger partial charge in [0.1, 0.15) is 18.5 Å². The van der Waals surface area contributed by atoms with Gasteiger partial charge in [-0.05, 0) is 74.5 Å². The first-order valence-electron chi connectivity index (χ1n) is 10.1. The number of para-hydroxylation sites is 2. The van der Waals surface area contributed by atoms with Gasteiger partial charge in [0, 0.05) is 13.0 Å². The number of halogens is 2. The second kappa shape index (κ2) is 10.1. The predicted molar refractivity (Wildman–Crippen MR) is 112 cm³/mol. The van der Waals surface area contributed by atoms with Crippen molar-refractivity contribution in [2.24, 2.45) is 5.92 Å². The molecule has 2 aliphatic rings. The van der Waals surface area contributed by atoms with Gasteiger partial charge in [-0.25, -0.2) is 4.39 Å². The molecule has 0 saturated carbocycles. The third-order valence-electron chi connectivity index (χ3n) is 5.80. The zero-order valence-corrected chi connectivity index (χ0v) is 17.0. The summed E-state index contributed by atoms with van der Waals surface area (Å²) in [6.07, 6.45) is 5.93. The molecule has 0 aromatic heterocycles. The van der Waals surface area contributed by atoms with Gasteiger partial charge in [0.25, 0.3) is 0 Å². The highest BCUT2D eigenvalue weighted by atomic mass is 35.5. The van der Waals surface area contributed by atoms with Crippen molar-refractivity contribution < 1.29 is 13.9 Å². The fraction of sp³-hybridized carbons (Fsp3) is 0.478. The summed E-state index contributed by atoms with van der Waals surface area (Å²) in [7, 11) is 0. The van der Waals surface area contributed by atoms with E-state index in [0.717, 1.165) is 49.9 Å². The maximum atomic E-state index is 13.0. The van der Waals surface area contributed by atoms with Crippen LogP contribution in [0.25, 0.3) is 0 Å². The van der Waals surface area contributed by atoms with E-state index in [1.54, 1.807) is 12.1 Å². The van der Waals surface area contributed by atoms with Gasteiger partial charge in [-0.2, -0.15) is 0 Å². The number of piperidine rings is 1. The van der Waals surface area contributed by atoms with Gasteiger partial charge in [0.2, 0.25) is 0 Å². The SMILES string of the molecule is Cl.Fc1ccc(CCC2CCN(CCC3COc4ccccc4O3)CC2)cc1. The number of nitrogens with zero attached hydrogens (tertiary/aromatic N) is 1. The van der Waals surface area contributed by atoms with Crippen LogP contribution in [0.4, 0.5) is 4.39 Å². The molecule has 2 aliphatic heterocycles. The Morgan fingerprint density at radius 2 is 1.64 bits per heavy atom. The molecule has 1 unspecified atom stereocenters. The molecular weight excluding hydrogens is 377 g/mol. The minimum atomic E-state index is -0.150. The molecule has 0 bridgehead atoms. The Bertz CT molecular complexity index is 732. The number of benzene rings is 2. The minimum absolute atomic E-state index is 0. The summed E-state index contributed by atoms with van der Waals surface area (Å²) in [6, 6.07) is 14.9. The first-order chi connectivity index (χ1) is 13.3. The van der Waals surface area contributed by atoms with Crippen molar-refractivity contribution in [1.82, 2.24) is 4.90 Å². The molecule has 0 radical (unpaired) electrons. The normalized spacial score (nSPS) is 19.8. The Balaban J connectivity index is 0.00000225. The van der Waals surface area contributed by atoms with Gasteiger partial charge in [-0.15, -0.1) is 12.4 Å². The monoisotopic (exact) mass is 405 g/mol. The van der Waals surface area contributed by atoms with Crippen molar-refractivity contribution in [3.05, 3.63) is 59.9 Å². The van der Waals surface area contributed by atoms with Crippen LogP contribution < -0.4 is 9.47 Å². The molecule has 2 heterocycles. The fourth-order valence-electron chi connectivity index (χ4n) is 4.05. The molecule has 1 atom stereocenters. The number of rotatable bonds is 6. The maximum Gasteiger partial charge on any atom is 0.161 e. The number of likely N-dealkylation sites (tertiary alicyclic amines) is 1. The van der Waals surface area contributed by atoms with Crippen LogP contribution in [0, 0.1) is 11.7 Å². The highest BCUT2D eigenvalue weighted by Crippen LogP contribution is 2.31. The highest BCUT2D eigenvalue weighted by molar-refractivity contribution is 5.85. The molecule has 152 valence electrons. The van der Waals surface area contributed by atoms with E-state index in [4.69, 9.17) is 9.47 Å². The van der Waals surface area contributed by atoms with E-state index in [1.165, 1.54) is 24.8 Å². The topological polar surface area (TPSA) is 21.7 Å². The predicted octanol–water partition coefficient (Wildman–Crippen LogP) is 5.12. The van der Waals surface area contributed by atoms with Gasteiger partial charge < -0.3 is 14.4 Å². The van der Waals surface area contributed by atoms with Crippen LogP contribution in [-0.4, -0.2) is 37.2 Å². The second-order valence-corrected chi connectivity index (χ2v) is 7.74. The van der Waals surface area contributed by atoms with Crippen LogP contribution in [0.5, 0.6) is 11.5 Å². The van der Waals surface area contributed by atoms with Crippen LogP contribution in [0.2, 0.25) is 0 Å².